The number of ether oxygens (including phenoxy) is 1. The van der Waals surface area contributed by atoms with Crippen LogP contribution >= 0.6 is 0 Å². The van der Waals surface area contributed by atoms with Gasteiger partial charge in [0, 0.05) is 30.4 Å². The Morgan fingerprint density at radius 1 is 1.02 bits per heavy atom. The summed E-state index contributed by atoms with van der Waals surface area (Å²) in [4.78, 5) is 13.8. The first-order valence-electron chi connectivity index (χ1n) is 13.9. The van der Waals surface area contributed by atoms with Gasteiger partial charge in [0.25, 0.3) is 0 Å². The van der Waals surface area contributed by atoms with E-state index in [1.54, 1.807) is 12.4 Å². The Morgan fingerprint density at radius 2 is 1.82 bits per heavy atom. The third kappa shape index (κ3) is 6.42. The fourth-order valence-electron chi connectivity index (χ4n) is 5.27. The van der Waals surface area contributed by atoms with Gasteiger partial charge < -0.3 is 15.4 Å². The predicted molar refractivity (Wildman–Crippen MR) is 161 cm³/mol. The summed E-state index contributed by atoms with van der Waals surface area (Å²) in [5.74, 6) is 1.88. The SMILES string of the molecule is Cc1ccc2c(Oc3ncccc3-c3ccnc(N[C@H]4CCCNC4)n3)c(C)ccc2c1CS(=O)(=O)CC(C)C. The van der Waals surface area contributed by atoms with Gasteiger partial charge in [-0.1, -0.05) is 38.1 Å². The quantitative estimate of drug-likeness (QED) is 0.264. The molecule has 5 rings (SSSR count). The number of aromatic nitrogens is 3. The first-order chi connectivity index (χ1) is 19.2. The number of hydrogen-bond acceptors (Lipinski definition) is 8. The number of fused-ring (bicyclic) bond motifs is 1. The molecule has 8 nitrogen and oxygen atoms in total. The molecule has 0 aliphatic carbocycles. The predicted octanol–water partition coefficient (Wildman–Crippen LogP) is 5.84. The van der Waals surface area contributed by atoms with Crippen molar-refractivity contribution in [2.75, 3.05) is 24.2 Å². The molecular formula is C31H37N5O3S. The third-order valence-electron chi connectivity index (χ3n) is 7.18. The molecule has 1 atom stereocenters. The van der Waals surface area contributed by atoms with Crippen LogP contribution in [0.5, 0.6) is 11.6 Å². The fraction of sp³-hybridized carbons (Fsp3) is 0.387. The van der Waals surface area contributed by atoms with Crippen molar-refractivity contribution in [2.24, 2.45) is 5.92 Å². The molecule has 0 bridgehead atoms. The van der Waals surface area contributed by atoms with Crippen molar-refractivity contribution < 1.29 is 13.2 Å². The summed E-state index contributed by atoms with van der Waals surface area (Å²) >= 11 is 0. The number of rotatable bonds is 9. The third-order valence-corrected chi connectivity index (χ3v) is 9.08. The maximum atomic E-state index is 12.9. The molecule has 2 aromatic carbocycles. The number of hydrogen-bond donors (Lipinski definition) is 2. The van der Waals surface area contributed by atoms with Crippen LogP contribution in [0.25, 0.3) is 22.0 Å². The van der Waals surface area contributed by atoms with Crippen molar-refractivity contribution in [1.29, 1.82) is 0 Å². The van der Waals surface area contributed by atoms with Gasteiger partial charge >= 0.3 is 0 Å². The first kappa shape index (κ1) is 28.0. The Morgan fingerprint density at radius 3 is 2.60 bits per heavy atom. The zero-order chi connectivity index (χ0) is 28.3. The van der Waals surface area contributed by atoms with Gasteiger partial charge in [0.1, 0.15) is 5.75 Å². The lowest BCUT2D eigenvalue weighted by Crippen LogP contribution is -2.38. The highest BCUT2D eigenvalue weighted by molar-refractivity contribution is 7.90. The van der Waals surface area contributed by atoms with E-state index in [9.17, 15) is 8.42 Å². The summed E-state index contributed by atoms with van der Waals surface area (Å²) < 4.78 is 32.4. The molecule has 0 amide bonds. The van der Waals surface area contributed by atoms with Gasteiger partial charge in [0.05, 0.1) is 22.8 Å². The number of nitrogens with zero attached hydrogens (tertiary/aromatic N) is 3. The first-order valence-corrected chi connectivity index (χ1v) is 15.7. The molecule has 9 heteroatoms. The van der Waals surface area contributed by atoms with E-state index in [4.69, 9.17) is 9.72 Å². The van der Waals surface area contributed by atoms with Crippen LogP contribution in [-0.2, 0) is 15.6 Å². The summed E-state index contributed by atoms with van der Waals surface area (Å²) in [6.07, 6.45) is 5.63. The number of anilines is 1. The second-order valence-corrected chi connectivity index (χ2v) is 13.1. The highest BCUT2D eigenvalue weighted by Gasteiger charge is 2.21. The molecule has 1 aliphatic heterocycles. The number of sulfone groups is 1. The van der Waals surface area contributed by atoms with Crippen LogP contribution in [0.4, 0.5) is 5.95 Å². The lowest BCUT2D eigenvalue weighted by Gasteiger charge is -2.23. The minimum atomic E-state index is -3.26. The minimum absolute atomic E-state index is 0.00107. The molecule has 0 saturated carbocycles. The molecule has 2 N–H and O–H groups in total. The monoisotopic (exact) mass is 559 g/mol. The second kappa shape index (κ2) is 11.9. The van der Waals surface area contributed by atoms with Gasteiger partial charge in [-0.2, -0.15) is 0 Å². The zero-order valence-electron chi connectivity index (χ0n) is 23.6. The van der Waals surface area contributed by atoms with Gasteiger partial charge in [0.15, 0.2) is 9.84 Å². The van der Waals surface area contributed by atoms with E-state index in [0.29, 0.717) is 23.3 Å². The minimum Gasteiger partial charge on any atom is -0.437 e. The Bertz CT molecular complexity index is 1620. The van der Waals surface area contributed by atoms with E-state index in [2.05, 4.69) is 20.6 Å². The van der Waals surface area contributed by atoms with Crippen LogP contribution in [0, 0.1) is 19.8 Å². The lowest BCUT2D eigenvalue weighted by molar-refractivity contribution is 0.466. The number of nitrogens with one attached hydrogen (secondary N) is 2. The van der Waals surface area contributed by atoms with Crippen LogP contribution in [-0.4, -0.2) is 48.3 Å². The van der Waals surface area contributed by atoms with Crippen molar-refractivity contribution in [3.63, 3.8) is 0 Å². The zero-order valence-corrected chi connectivity index (χ0v) is 24.4. The van der Waals surface area contributed by atoms with Crippen molar-refractivity contribution in [3.8, 4) is 22.9 Å². The van der Waals surface area contributed by atoms with Crippen molar-refractivity contribution in [3.05, 3.63) is 71.5 Å². The largest absolute Gasteiger partial charge is 0.437 e. The van der Waals surface area contributed by atoms with Gasteiger partial charge in [-0.15, -0.1) is 0 Å². The molecule has 0 spiro atoms. The molecule has 0 unspecified atom stereocenters. The van der Waals surface area contributed by atoms with Gasteiger partial charge in [0.2, 0.25) is 11.8 Å². The number of aryl methyl sites for hydroxylation is 2. The molecule has 0 radical (unpaired) electrons. The van der Waals surface area contributed by atoms with Crippen LogP contribution in [0.2, 0.25) is 0 Å². The van der Waals surface area contributed by atoms with Gasteiger partial charge in [-0.05, 0) is 79.4 Å². The summed E-state index contributed by atoms with van der Waals surface area (Å²) in [6.45, 7) is 9.72. The average Bonchev–Trinajstić information content (AvgIpc) is 2.92. The maximum absolute atomic E-state index is 12.9. The molecule has 40 heavy (non-hydrogen) atoms. The highest BCUT2D eigenvalue weighted by atomic mass is 32.2. The summed E-state index contributed by atoms with van der Waals surface area (Å²) in [5, 5.41) is 8.57. The molecule has 1 fully saturated rings. The Kier molecular flexibility index (Phi) is 8.32. The van der Waals surface area contributed by atoms with Crippen LogP contribution < -0.4 is 15.4 Å². The van der Waals surface area contributed by atoms with E-state index in [1.807, 2.05) is 70.2 Å². The normalized spacial score (nSPS) is 15.9. The van der Waals surface area contributed by atoms with Crippen molar-refractivity contribution >= 4 is 26.6 Å². The lowest BCUT2D eigenvalue weighted by atomic mass is 9.98. The number of piperidine rings is 1. The number of benzene rings is 2. The Labute approximate surface area is 236 Å². The molecule has 2 aromatic heterocycles. The van der Waals surface area contributed by atoms with E-state index in [0.717, 1.165) is 59.0 Å². The maximum Gasteiger partial charge on any atom is 0.228 e. The van der Waals surface area contributed by atoms with Gasteiger partial charge in [-0.3, -0.25) is 0 Å². The van der Waals surface area contributed by atoms with Crippen molar-refractivity contribution in [1.82, 2.24) is 20.3 Å². The van der Waals surface area contributed by atoms with Gasteiger partial charge in [-0.25, -0.2) is 23.4 Å². The molecule has 210 valence electrons. The molecule has 4 aromatic rings. The standard InChI is InChI=1S/C31H37N5O3S/c1-20(2)18-40(37,38)19-27-21(3)9-12-25-24(27)11-10-22(4)29(25)39-30-26(8-6-15-33-30)28-13-16-34-31(36-28)35-23-7-5-14-32-17-23/h6,8-13,15-16,20,23,32H,5,7,14,17-19H2,1-4H3,(H,34,35,36)/t23-/m0/s1. The molecular weight excluding hydrogens is 522 g/mol. The molecule has 1 saturated heterocycles. The number of pyridine rings is 1. The highest BCUT2D eigenvalue weighted by Crippen LogP contribution is 2.38. The topological polar surface area (TPSA) is 106 Å². The Hall–Kier alpha value is -3.56. The van der Waals surface area contributed by atoms with Crippen LogP contribution in [0.1, 0.15) is 43.4 Å². The van der Waals surface area contributed by atoms with E-state index in [1.165, 1.54) is 0 Å². The van der Waals surface area contributed by atoms with E-state index >= 15 is 0 Å². The summed E-state index contributed by atoms with van der Waals surface area (Å²) in [5.41, 5.74) is 4.14. The molecule has 3 heterocycles. The smallest absolute Gasteiger partial charge is 0.228 e. The average molecular weight is 560 g/mol. The van der Waals surface area contributed by atoms with Crippen molar-refractivity contribution in [2.45, 2.75) is 52.3 Å². The van der Waals surface area contributed by atoms with Crippen LogP contribution in [0.15, 0.2) is 54.9 Å². The van der Waals surface area contributed by atoms with E-state index < -0.39 is 9.84 Å². The fourth-order valence-corrected chi connectivity index (χ4v) is 7.23. The van der Waals surface area contributed by atoms with Crippen LogP contribution in [0.3, 0.4) is 0 Å². The summed E-state index contributed by atoms with van der Waals surface area (Å²) in [6, 6.07) is 13.9. The molecule has 1 aliphatic rings. The second-order valence-electron chi connectivity index (χ2n) is 11.0. The van der Waals surface area contributed by atoms with E-state index in [-0.39, 0.29) is 23.5 Å². The Balaban J connectivity index is 1.50. The summed E-state index contributed by atoms with van der Waals surface area (Å²) in [7, 11) is -3.26.